The Morgan fingerprint density at radius 2 is 1.26 bits per heavy atom. The van der Waals surface area contributed by atoms with Gasteiger partial charge in [0.15, 0.2) is 0 Å². The Bertz CT molecular complexity index is 1110. The average Bonchev–Trinajstić information content (AvgIpc) is 2.91. The van der Waals surface area contributed by atoms with Crippen molar-refractivity contribution in [1.82, 2.24) is 4.90 Å². The number of piperidine rings is 1. The van der Waals surface area contributed by atoms with Crippen molar-refractivity contribution in [2.24, 2.45) is 0 Å². The van der Waals surface area contributed by atoms with Gasteiger partial charge in [-0.25, -0.2) is 8.78 Å². The summed E-state index contributed by atoms with van der Waals surface area (Å²) in [5, 5.41) is 13.5. The fourth-order valence-electron chi connectivity index (χ4n) is 6.08. The lowest BCUT2D eigenvalue weighted by atomic mass is 9.64. The molecule has 0 bridgehead atoms. The van der Waals surface area contributed by atoms with Gasteiger partial charge in [-0.1, -0.05) is 42.5 Å². The van der Waals surface area contributed by atoms with Crippen molar-refractivity contribution in [3.8, 4) is 6.07 Å². The minimum absolute atomic E-state index is 0.237. The van der Waals surface area contributed by atoms with E-state index in [1.54, 1.807) is 0 Å². The molecule has 2 fully saturated rings. The molecular formula is C30H31F2N3. The molecule has 3 nitrogen and oxygen atoms in total. The molecule has 0 aromatic heterocycles. The first-order chi connectivity index (χ1) is 17.0. The first-order valence-corrected chi connectivity index (χ1v) is 12.5. The van der Waals surface area contributed by atoms with E-state index in [-0.39, 0.29) is 17.0 Å². The van der Waals surface area contributed by atoms with E-state index in [0.29, 0.717) is 6.04 Å². The molecule has 1 heterocycles. The highest BCUT2D eigenvalue weighted by Crippen LogP contribution is 2.46. The molecule has 1 N–H and O–H groups in total. The summed E-state index contributed by atoms with van der Waals surface area (Å²) in [7, 11) is 0. The van der Waals surface area contributed by atoms with Crippen LogP contribution < -0.4 is 5.32 Å². The molecule has 35 heavy (non-hydrogen) atoms. The van der Waals surface area contributed by atoms with Gasteiger partial charge in [0.25, 0.3) is 0 Å². The van der Waals surface area contributed by atoms with Crippen LogP contribution in [0.1, 0.15) is 49.7 Å². The molecule has 1 saturated heterocycles. The Labute approximate surface area is 206 Å². The predicted octanol–water partition coefficient (Wildman–Crippen LogP) is 6.66. The molecule has 0 atom stereocenters. The monoisotopic (exact) mass is 471 g/mol. The number of likely N-dealkylation sites (tertiary alicyclic amines) is 1. The lowest BCUT2D eigenvalue weighted by Gasteiger charge is -2.47. The van der Waals surface area contributed by atoms with Crippen LogP contribution in [0.25, 0.3) is 0 Å². The van der Waals surface area contributed by atoms with Crippen molar-refractivity contribution in [3.63, 3.8) is 0 Å². The predicted molar refractivity (Wildman–Crippen MR) is 135 cm³/mol. The van der Waals surface area contributed by atoms with E-state index in [1.165, 1.54) is 24.3 Å². The normalized spacial score (nSPS) is 20.1. The largest absolute Gasteiger partial charge is 0.367 e. The SMILES string of the molecule is N#CC1(Nc2ccccc2)CCN(C2CCC(c3ccc(F)cc3)(c3ccc(F)cc3)CC2)CC1. The minimum atomic E-state index is -0.529. The number of anilines is 1. The number of hydrogen-bond donors (Lipinski definition) is 1. The summed E-state index contributed by atoms with van der Waals surface area (Å²) < 4.78 is 27.4. The number of benzene rings is 3. The van der Waals surface area contributed by atoms with Gasteiger partial charge < -0.3 is 10.2 Å². The Morgan fingerprint density at radius 1 is 0.743 bits per heavy atom. The Morgan fingerprint density at radius 3 is 1.74 bits per heavy atom. The van der Waals surface area contributed by atoms with Gasteiger partial charge in [0.2, 0.25) is 0 Å². The average molecular weight is 472 g/mol. The van der Waals surface area contributed by atoms with Crippen molar-refractivity contribution in [3.05, 3.63) is 102 Å². The van der Waals surface area contributed by atoms with E-state index < -0.39 is 5.54 Å². The Kier molecular flexibility index (Phi) is 6.58. The van der Waals surface area contributed by atoms with Gasteiger partial charge in [0, 0.05) is 30.2 Å². The van der Waals surface area contributed by atoms with E-state index in [0.717, 1.165) is 68.4 Å². The standard InChI is InChI=1S/C30H31F2N3/c31-25-10-6-23(7-11-25)30(24-8-12-26(32)13-9-24)16-14-28(15-17-30)35-20-18-29(22-33,19-21-35)34-27-4-2-1-3-5-27/h1-13,28,34H,14-21H2. The number of nitrogens with zero attached hydrogens (tertiary/aromatic N) is 2. The highest BCUT2D eigenvalue weighted by atomic mass is 19.1. The second-order valence-corrected chi connectivity index (χ2v) is 10.0. The van der Waals surface area contributed by atoms with Crippen molar-refractivity contribution >= 4 is 5.69 Å². The first-order valence-electron chi connectivity index (χ1n) is 12.5. The number of para-hydroxylation sites is 1. The second-order valence-electron chi connectivity index (χ2n) is 10.0. The van der Waals surface area contributed by atoms with Crippen LogP contribution in [0.5, 0.6) is 0 Å². The summed E-state index contributed by atoms with van der Waals surface area (Å²) in [6.07, 6.45) is 5.46. The van der Waals surface area contributed by atoms with Gasteiger partial charge >= 0.3 is 0 Å². The molecule has 5 heteroatoms. The van der Waals surface area contributed by atoms with E-state index >= 15 is 0 Å². The first kappa shape index (κ1) is 23.5. The van der Waals surface area contributed by atoms with Crippen molar-refractivity contribution in [1.29, 1.82) is 5.26 Å². The van der Waals surface area contributed by atoms with Gasteiger partial charge in [-0.05, 0) is 86.1 Å². The number of nitrogens with one attached hydrogen (secondary N) is 1. The van der Waals surface area contributed by atoms with Crippen molar-refractivity contribution < 1.29 is 8.78 Å². The van der Waals surface area contributed by atoms with Crippen LogP contribution in [0.2, 0.25) is 0 Å². The van der Waals surface area contributed by atoms with Gasteiger partial charge in [-0.3, -0.25) is 0 Å². The summed E-state index contributed by atoms with van der Waals surface area (Å²) in [6.45, 7) is 1.77. The quantitative estimate of drug-likeness (QED) is 0.452. The van der Waals surface area contributed by atoms with Gasteiger partial charge in [-0.2, -0.15) is 5.26 Å². The summed E-state index contributed by atoms with van der Waals surface area (Å²) in [5.41, 5.74) is 2.41. The summed E-state index contributed by atoms with van der Waals surface area (Å²) >= 11 is 0. The second kappa shape index (κ2) is 9.79. The molecule has 3 aromatic carbocycles. The number of hydrogen-bond acceptors (Lipinski definition) is 3. The van der Waals surface area contributed by atoms with Gasteiger partial charge in [0.1, 0.15) is 17.2 Å². The van der Waals surface area contributed by atoms with E-state index in [4.69, 9.17) is 0 Å². The lowest BCUT2D eigenvalue weighted by molar-refractivity contribution is 0.0987. The van der Waals surface area contributed by atoms with Crippen molar-refractivity contribution in [2.75, 3.05) is 18.4 Å². The zero-order chi connectivity index (χ0) is 24.3. The topological polar surface area (TPSA) is 39.1 Å². The summed E-state index contributed by atoms with van der Waals surface area (Å²) in [6, 6.07) is 26.6. The van der Waals surface area contributed by atoms with Crippen molar-refractivity contribution in [2.45, 2.75) is 55.5 Å². The highest BCUT2D eigenvalue weighted by molar-refractivity contribution is 5.47. The molecule has 1 saturated carbocycles. The van der Waals surface area contributed by atoms with E-state index in [2.05, 4.69) is 16.3 Å². The van der Waals surface area contributed by atoms with E-state index in [1.807, 2.05) is 54.6 Å². The number of halogens is 2. The molecule has 0 spiro atoms. The maximum absolute atomic E-state index is 13.7. The lowest BCUT2D eigenvalue weighted by Crippen LogP contribution is -2.52. The zero-order valence-electron chi connectivity index (χ0n) is 19.9. The smallest absolute Gasteiger partial charge is 0.127 e. The fourth-order valence-corrected chi connectivity index (χ4v) is 6.08. The van der Waals surface area contributed by atoms with Gasteiger partial charge in [0.05, 0.1) is 6.07 Å². The van der Waals surface area contributed by atoms with Gasteiger partial charge in [-0.15, -0.1) is 0 Å². The van der Waals surface area contributed by atoms with Crippen LogP contribution in [-0.2, 0) is 5.41 Å². The molecule has 0 amide bonds. The number of nitriles is 1. The molecule has 3 aromatic rings. The van der Waals surface area contributed by atoms with E-state index in [9.17, 15) is 14.0 Å². The highest BCUT2D eigenvalue weighted by Gasteiger charge is 2.42. The van der Waals surface area contributed by atoms with Crippen LogP contribution in [0, 0.1) is 23.0 Å². The zero-order valence-corrected chi connectivity index (χ0v) is 19.9. The third kappa shape index (κ3) is 4.81. The molecule has 2 aliphatic rings. The summed E-state index contributed by atoms with van der Waals surface area (Å²) in [4.78, 5) is 2.54. The third-order valence-corrected chi connectivity index (χ3v) is 8.14. The van der Waals surface area contributed by atoms with Crippen LogP contribution in [0.3, 0.4) is 0 Å². The fraction of sp³-hybridized carbons (Fsp3) is 0.367. The molecule has 1 aliphatic heterocycles. The molecule has 1 aliphatic carbocycles. The van der Waals surface area contributed by atoms with Crippen LogP contribution in [0.4, 0.5) is 14.5 Å². The number of rotatable bonds is 5. The van der Waals surface area contributed by atoms with Crippen LogP contribution >= 0.6 is 0 Å². The van der Waals surface area contributed by atoms with Crippen LogP contribution in [-0.4, -0.2) is 29.6 Å². The van der Waals surface area contributed by atoms with Crippen LogP contribution in [0.15, 0.2) is 78.9 Å². The summed E-state index contributed by atoms with van der Waals surface area (Å²) in [5.74, 6) is -0.481. The molecule has 180 valence electrons. The maximum Gasteiger partial charge on any atom is 0.127 e. The Balaban J connectivity index is 1.29. The molecule has 0 unspecified atom stereocenters. The third-order valence-electron chi connectivity index (χ3n) is 8.14. The molecule has 0 radical (unpaired) electrons. The molecule has 5 rings (SSSR count). The minimum Gasteiger partial charge on any atom is -0.367 e. The Hall–Kier alpha value is -3.23. The molecular weight excluding hydrogens is 440 g/mol. The maximum atomic E-state index is 13.7.